The Kier molecular flexibility index (Phi) is 6.95. The lowest BCUT2D eigenvalue weighted by Gasteiger charge is -2.38. The lowest BCUT2D eigenvalue weighted by molar-refractivity contribution is -0.133. The lowest BCUT2D eigenvalue weighted by Crippen LogP contribution is -2.55. The molecule has 1 aliphatic carbocycles. The molecule has 156 valence electrons. The van der Waals surface area contributed by atoms with Crippen LogP contribution in [0.15, 0.2) is 27.6 Å². The minimum atomic E-state index is -3.51. The molecule has 0 unspecified atom stereocenters. The fourth-order valence-corrected chi connectivity index (χ4v) is 5.81. The van der Waals surface area contributed by atoms with Gasteiger partial charge in [0, 0.05) is 56.0 Å². The Balaban J connectivity index is 1.58. The molecule has 2 aliphatic rings. The van der Waals surface area contributed by atoms with Gasteiger partial charge in [-0.25, -0.2) is 0 Å². The highest BCUT2D eigenvalue weighted by Crippen LogP contribution is 2.25. The van der Waals surface area contributed by atoms with Crippen molar-refractivity contribution >= 4 is 32.0 Å². The van der Waals surface area contributed by atoms with Crippen LogP contribution >= 0.6 is 15.9 Å². The zero-order valence-corrected chi connectivity index (χ0v) is 18.5. The minimum absolute atomic E-state index is 0.0486. The van der Waals surface area contributed by atoms with Crippen LogP contribution in [0, 0.1) is 0 Å². The largest absolute Gasteiger partial charge is 0.338 e. The Morgan fingerprint density at radius 1 is 1.14 bits per heavy atom. The summed E-state index contributed by atoms with van der Waals surface area (Å²) in [6.07, 6.45) is 6.72. The summed E-state index contributed by atoms with van der Waals surface area (Å²) in [5, 5.41) is 0. The Hall–Kier alpha value is -1.23. The van der Waals surface area contributed by atoms with E-state index in [0.29, 0.717) is 13.1 Å². The second kappa shape index (κ2) is 9.06. The van der Waals surface area contributed by atoms with Gasteiger partial charge in [0.2, 0.25) is 5.91 Å². The van der Waals surface area contributed by atoms with Crippen LogP contribution in [0.3, 0.4) is 0 Å². The molecule has 1 amide bonds. The van der Waals surface area contributed by atoms with Crippen LogP contribution in [0.25, 0.3) is 0 Å². The van der Waals surface area contributed by atoms with Gasteiger partial charge in [-0.05, 0) is 34.8 Å². The van der Waals surface area contributed by atoms with E-state index in [2.05, 4.69) is 15.9 Å². The van der Waals surface area contributed by atoms with Gasteiger partial charge in [0.25, 0.3) is 15.8 Å². The van der Waals surface area contributed by atoms with Crippen LogP contribution in [0.4, 0.5) is 0 Å². The van der Waals surface area contributed by atoms with Crippen molar-refractivity contribution in [2.24, 2.45) is 0 Å². The van der Waals surface area contributed by atoms with E-state index in [-0.39, 0.29) is 37.1 Å². The number of hydrogen-bond donors (Lipinski definition) is 0. The van der Waals surface area contributed by atoms with Gasteiger partial charge in [0.1, 0.15) is 6.54 Å². The van der Waals surface area contributed by atoms with Crippen LogP contribution in [0.5, 0.6) is 0 Å². The molecule has 2 heterocycles. The van der Waals surface area contributed by atoms with Crippen LogP contribution < -0.4 is 5.56 Å². The third-order valence-electron chi connectivity index (χ3n) is 5.62. The highest BCUT2D eigenvalue weighted by atomic mass is 79.9. The summed E-state index contributed by atoms with van der Waals surface area (Å²) in [6.45, 7) is 1.17. The fourth-order valence-electron chi connectivity index (χ4n) is 3.85. The average Bonchev–Trinajstić information content (AvgIpc) is 2.71. The molecule has 1 aromatic rings. The smallest absolute Gasteiger partial charge is 0.282 e. The maximum atomic E-state index is 12.9. The van der Waals surface area contributed by atoms with E-state index < -0.39 is 10.2 Å². The molecule has 0 bridgehead atoms. The Labute approximate surface area is 174 Å². The van der Waals surface area contributed by atoms with Crippen molar-refractivity contribution in [3.05, 3.63) is 33.2 Å². The zero-order chi connectivity index (χ0) is 20.3. The summed E-state index contributed by atoms with van der Waals surface area (Å²) < 4.78 is 30.9. The first-order valence-electron chi connectivity index (χ1n) is 9.66. The highest BCUT2D eigenvalue weighted by Gasteiger charge is 2.35. The molecule has 0 spiro atoms. The van der Waals surface area contributed by atoms with Gasteiger partial charge in [-0.15, -0.1) is 0 Å². The number of aromatic nitrogens is 1. The lowest BCUT2D eigenvalue weighted by atomic mass is 9.96. The third-order valence-corrected chi connectivity index (χ3v) is 8.14. The summed E-state index contributed by atoms with van der Waals surface area (Å²) in [4.78, 5) is 26.0. The normalized spacial score (nSPS) is 19.9. The second-order valence-electron chi connectivity index (χ2n) is 7.41. The number of nitrogens with zero attached hydrogens (tertiary/aromatic N) is 4. The van der Waals surface area contributed by atoms with Gasteiger partial charge >= 0.3 is 0 Å². The molecule has 1 aromatic heterocycles. The maximum absolute atomic E-state index is 12.9. The molecule has 1 aliphatic heterocycles. The summed E-state index contributed by atoms with van der Waals surface area (Å²) >= 11 is 3.30. The standard InChI is InChI=1S/C18H27BrN4O4S/c1-20(16-5-3-2-4-6-16)28(26,27)23-11-9-21(10-12-23)18(25)14-22-13-15(19)7-8-17(22)24/h7-8,13,16H,2-6,9-12,14H2,1H3. The van der Waals surface area contributed by atoms with Gasteiger partial charge < -0.3 is 9.47 Å². The highest BCUT2D eigenvalue weighted by molar-refractivity contribution is 9.10. The monoisotopic (exact) mass is 474 g/mol. The van der Waals surface area contributed by atoms with E-state index in [4.69, 9.17) is 0 Å². The minimum Gasteiger partial charge on any atom is -0.338 e. The Morgan fingerprint density at radius 2 is 1.79 bits per heavy atom. The molecular weight excluding hydrogens is 448 g/mol. The summed E-state index contributed by atoms with van der Waals surface area (Å²) in [5.41, 5.74) is -0.244. The van der Waals surface area contributed by atoms with Gasteiger partial charge in [0.05, 0.1) is 0 Å². The molecule has 1 saturated heterocycles. The van der Waals surface area contributed by atoms with Crippen molar-refractivity contribution < 1.29 is 13.2 Å². The molecule has 3 rings (SSSR count). The Morgan fingerprint density at radius 3 is 2.43 bits per heavy atom. The van der Waals surface area contributed by atoms with Crippen molar-refractivity contribution in [1.82, 2.24) is 18.1 Å². The van der Waals surface area contributed by atoms with Crippen LogP contribution in [0.2, 0.25) is 0 Å². The van der Waals surface area contributed by atoms with E-state index in [9.17, 15) is 18.0 Å². The number of amides is 1. The van der Waals surface area contributed by atoms with E-state index >= 15 is 0 Å². The van der Waals surface area contributed by atoms with Gasteiger partial charge in [-0.3, -0.25) is 9.59 Å². The van der Waals surface area contributed by atoms with Crippen LogP contribution in [-0.4, -0.2) is 71.7 Å². The SMILES string of the molecule is CN(C1CCCCC1)S(=O)(=O)N1CCN(C(=O)Cn2cc(Br)ccc2=O)CC1. The van der Waals surface area contributed by atoms with Crippen molar-refractivity contribution in [2.45, 2.75) is 44.7 Å². The predicted octanol–water partition coefficient (Wildman–Crippen LogP) is 1.26. The van der Waals surface area contributed by atoms with Crippen molar-refractivity contribution in [2.75, 3.05) is 33.2 Å². The summed E-state index contributed by atoms with van der Waals surface area (Å²) in [6, 6.07) is 3.11. The number of carbonyl (C=O) groups excluding carboxylic acids is 1. The zero-order valence-electron chi connectivity index (χ0n) is 16.1. The van der Waals surface area contributed by atoms with Crippen LogP contribution in [-0.2, 0) is 21.5 Å². The molecule has 0 N–H and O–H groups in total. The van der Waals surface area contributed by atoms with E-state index in [1.807, 2.05) is 0 Å². The first-order valence-corrected chi connectivity index (χ1v) is 11.8. The molecule has 0 radical (unpaired) electrons. The fraction of sp³-hybridized carbons (Fsp3) is 0.667. The summed E-state index contributed by atoms with van der Waals surface area (Å²) in [7, 11) is -1.85. The van der Waals surface area contributed by atoms with Gasteiger partial charge in [-0.1, -0.05) is 19.3 Å². The molecular formula is C18H27BrN4O4S. The van der Waals surface area contributed by atoms with E-state index in [1.54, 1.807) is 24.2 Å². The van der Waals surface area contributed by atoms with Crippen molar-refractivity contribution in [3.63, 3.8) is 0 Å². The molecule has 28 heavy (non-hydrogen) atoms. The topological polar surface area (TPSA) is 82.9 Å². The molecule has 8 nitrogen and oxygen atoms in total. The maximum Gasteiger partial charge on any atom is 0.282 e. The molecule has 0 aromatic carbocycles. The third kappa shape index (κ3) is 4.84. The Bertz CT molecular complexity index is 859. The molecule has 0 atom stereocenters. The second-order valence-corrected chi connectivity index (χ2v) is 10.3. The number of rotatable bonds is 5. The average molecular weight is 475 g/mol. The molecule has 10 heteroatoms. The summed E-state index contributed by atoms with van der Waals surface area (Å²) in [5.74, 6) is -0.183. The van der Waals surface area contributed by atoms with Crippen LogP contribution in [0.1, 0.15) is 32.1 Å². The number of halogens is 1. The van der Waals surface area contributed by atoms with E-state index in [1.165, 1.54) is 25.7 Å². The number of carbonyl (C=O) groups is 1. The first kappa shape index (κ1) is 21.5. The molecule has 1 saturated carbocycles. The number of pyridine rings is 1. The number of piperazine rings is 1. The van der Waals surface area contributed by atoms with E-state index in [0.717, 1.165) is 30.2 Å². The first-order chi connectivity index (χ1) is 13.3. The predicted molar refractivity (Wildman–Crippen MR) is 110 cm³/mol. The van der Waals surface area contributed by atoms with Crippen molar-refractivity contribution in [1.29, 1.82) is 0 Å². The quantitative estimate of drug-likeness (QED) is 0.642. The van der Waals surface area contributed by atoms with Gasteiger partial charge in [-0.2, -0.15) is 17.0 Å². The van der Waals surface area contributed by atoms with Gasteiger partial charge in [0.15, 0.2) is 0 Å². The number of hydrogen-bond acceptors (Lipinski definition) is 4. The van der Waals surface area contributed by atoms with Crippen molar-refractivity contribution in [3.8, 4) is 0 Å². The molecule has 2 fully saturated rings.